The summed E-state index contributed by atoms with van der Waals surface area (Å²) in [6.07, 6.45) is 2.74. The molecule has 0 radical (unpaired) electrons. The van der Waals surface area contributed by atoms with Crippen LogP contribution in [0.15, 0.2) is 42.6 Å². The highest BCUT2D eigenvalue weighted by molar-refractivity contribution is 5.33. The predicted molar refractivity (Wildman–Crippen MR) is 85.7 cm³/mol. The molecule has 4 heteroatoms. The predicted octanol–water partition coefficient (Wildman–Crippen LogP) is 3.34. The van der Waals surface area contributed by atoms with Gasteiger partial charge in [-0.25, -0.2) is 4.68 Å². The summed E-state index contributed by atoms with van der Waals surface area (Å²) in [7, 11) is 1.76. The topological polar surface area (TPSA) is 39.1 Å². The number of rotatable bonds is 7. The Morgan fingerprint density at radius 1 is 1.24 bits per heavy atom. The van der Waals surface area contributed by atoms with E-state index in [1.165, 1.54) is 0 Å². The SMILES string of the molecule is CCNC(CC(C)(C)OC)c1ccnn1-c1ccccc1. The zero-order valence-electron chi connectivity index (χ0n) is 13.3. The first kappa shape index (κ1) is 15.7. The maximum Gasteiger partial charge on any atom is 0.0649 e. The van der Waals surface area contributed by atoms with E-state index in [9.17, 15) is 0 Å². The second-order valence-electron chi connectivity index (χ2n) is 5.78. The third-order valence-electron chi connectivity index (χ3n) is 3.73. The molecule has 1 unspecified atom stereocenters. The van der Waals surface area contributed by atoms with Crippen molar-refractivity contribution >= 4 is 0 Å². The Bertz CT molecular complexity index is 548. The van der Waals surface area contributed by atoms with Crippen LogP contribution in [0.4, 0.5) is 0 Å². The molecule has 0 aliphatic rings. The van der Waals surface area contributed by atoms with Crippen LogP contribution in [-0.4, -0.2) is 29.0 Å². The molecular formula is C17H25N3O. The fraction of sp³-hybridized carbons (Fsp3) is 0.471. The van der Waals surface area contributed by atoms with Gasteiger partial charge in [-0.3, -0.25) is 0 Å². The minimum atomic E-state index is -0.182. The van der Waals surface area contributed by atoms with Crippen molar-refractivity contribution in [1.29, 1.82) is 0 Å². The Kier molecular flexibility index (Phi) is 5.15. The van der Waals surface area contributed by atoms with E-state index < -0.39 is 0 Å². The highest BCUT2D eigenvalue weighted by Crippen LogP contribution is 2.27. The molecule has 1 atom stereocenters. The summed E-state index contributed by atoms with van der Waals surface area (Å²) in [5.74, 6) is 0. The van der Waals surface area contributed by atoms with E-state index in [4.69, 9.17) is 4.74 Å². The molecule has 4 nitrogen and oxygen atoms in total. The number of aromatic nitrogens is 2. The lowest BCUT2D eigenvalue weighted by molar-refractivity contribution is 0.00644. The summed E-state index contributed by atoms with van der Waals surface area (Å²) < 4.78 is 7.59. The highest BCUT2D eigenvalue weighted by atomic mass is 16.5. The first-order valence-corrected chi connectivity index (χ1v) is 7.45. The monoisotopic (exact) mass is 287 g/mol. The summed E-state index contributed by atoms with van der Waals surface area (Å²) in [5, 5.41) is 8.03. The molecule has 1 aromatic carbocycles. The van der Waals surface area contributed by atoms with Gasteiger partial charge in [0.15, 0.2) is 0 Å². The first-order chi connectivity index (χ1) is 10.1. The average molecular weight is 287 g/mol. The van der Waals surface area contributed by atoms with Crippen LogP contribution in [0.1, 0.15) is 38.9 Å². The van der Waals surface area contributed by atoms with E-state index in [1.54, 1.807) is 7.11 Å². The molecule has 0 aliphatic heterocycles. The van der Waals surface area contributed by atoms with Crippen molar-refractivity contribution in [3.8, 4) is 5.69 Å². The summed E-state index contributed by atoms with van der Waals surface area (Å²) in [6, 6.07) is 12.5. The van der Waals surface area contributed by atoms with Gasteiger partial charge in [0.2, 0.25) is 0 Å². The van der Waals surface area contributed by atoms with Gasteiger partial charge in [-0.15, -0.1) is 0 Å². The average Bonchev–Trinajstić information content (AvgIpc) is 2.97. The smallest absolute Gasteiger partial charge is 0.0649 e. The maximum absolute atomic E-state index is 5.59. The Labute approximate surface area is 127 Å². The van der Waals surface area contributed by atoms with E-state index >= 15 is 0 Å². The molecule has 0 bridgehead atoms. The third-order valence-corrected chi connectivity index (χ3v) is 3.73. The molecule has 0 aliphatic carbocycles. The van der Waals surface area contributed by atoms with Gasteiger partial charge in [0.1, 0.15) is 0 Å². The molecule has 0 amide bonds. The molecule has 0 fully saturated rings. The van der Waals surface area contributed by atoms with Crippen molar-refractivity contribution in [2.45, 2.75) is 38.8 Å². The van der Waals surface area contributed by atoms with Gasteiger partial charge in [-0.1, -0.05) is 25.1 Å². The van der Waals surface area contributed by atoms with Gasteiger partial charge in [0.05, 0.1) is 23.0 Å². The molecule has 21 heavy (non-hydrogen) atoms. The number of benzene rings is 1. The minimum Gasteiger partial charge on any atom is -0.379 e. The van der Waals surface area contributed by atoms with Gasteiger partial charge >= 0.3 is 0 Å². The van der Waals surface area contributed by atoms with Crippen LogP contribution >= 0.6 is 0 Å². The van der Waals surface area contributed by atoms with Crippen molar-refractivity contribution in [2.24, 2.45) is 0 Å². The number of hydrogen-bond acceptors (Lipinski definition) is 3. The van der Waals surface area contributed by atoms with Crippen LogP contribution in [0.25, 0.3) is 5.69 Å². The zero-order valence-corrected chi connectivity index (χ0v) is 13.3. The van der Waals surface area contributed by atoms with Crippen LogP contribution in [0.5, 0.6) is 0 Å². The van der Waals surface area contributed by atoms with E-state index in [0.29, 0.717) is 0 Å². The fourth-order valence-corrected chi connectivity index (χ4v) is 2.46. The maximum atomic E-state index is 5.59. The zero-order chi connectivity index (χ0) is 15.3. The van der Waals surface area contributed by atoms with Gasteiger partial charge in [-0.05, 0) is 45.0 Å². The lowest BCUT2D eigenvalue weighted by Crippen LogP contribution is -2.33. The van der Waals surface area contributed by atoms with Crippen molar-refractivity contribution in [1.82, 2.24) is 15.1 Å². The van der Waals surface area contributed by atoms with Crippen molar-refractivity contribution in [2.75, 3.05) is 13.7 Å². The summed E-state index contributed by atoms with van der Waals surface area (Å²) in [4.78, 5) is 0. The van der Waals surface area contributed by atoms with Gasteiger partial charge < -0.3 is 10.1 Å². The molecule has 2 rings (SSSR count). The molecule has 0 spiro atoms. The van der Waals surface area contributed by atoms with E-state index in [0.717, 1.165) is 24.3 Å². The van der Waals surface area contributed by atoms with Crippen molar-refractivity contribution in [3.05, 3.63) is 48.3 Å². The summed E-state index contributed by atoms with van der Waals surface area (Å²) in [5.41, 5.74) is 2.06. The Morgan fingerprint density at radius 2 is 1.95 bits per heavy atom. The largest absolute Gasteiger partial charge is 0.379 e. The lowest BCUT2D eigenvalue weighted by Gasteiger charge is -2.29. The number of ether oxygens (including phenoxy) is 1. The van der Waals surface area contributed by atoms with Crippen LogP contribution in [0, 0.1) is 0 Å². The second-order valence-corrected chi connectivity index (χ2v) is 5.78. The fourth-order valence-electron chi connectivity index (χ4n) is 2.46. The van der Waals surface area contributed by atoms with Crippen molar-refractivity contribution in [3.63, 3.8) is 0 Å². The van der Waals surface area contributed by atoms with Crippen LogP contribution in [0.3, 0.4) is 0 Å². The molecule has 2 aromatic rings. The Morgan fingerprint density at radius 3 is 2.57 bits per heavy atom. The normalized spacial score (nSPS) is 13.3. The van der Waals surface area contributed by atoms with E-state index in [-0.39, 0.29) is 11.6 Å². The van der Waals surface area contributed by atoms with Crippen molar-refractivity contribution < 1.29 is 4.74 Å². The number of nitrogens with one attached hydrogen (secondary N) is 1. The summed E-state index contributed by atoms with van der Waals surface area (Å²) in [6.45, 7) is 7.25. The highest BCUT2D eigenvalue weighted by Gasteiger charge is 2.25. The standard InChI is InChI=1S/C17H25N3O/c1-5-18-15(13-17(2,3)21-4)16-11-12-19-20(16)14-9-7-6-8-10-14/h6-12,15,18H,5,13H2,1-4H3. The van der Waals surface area contributed by atoms with E-state index in [1.807, 2.05) is 29.1 Å². The third kappa shape index (κ3) is 3.93. The van der Waals surface area contributed by atoms with Crippen LogP contribution < -0.4 is 5.32 Å². The van der Waals surface area contributed by atoms with Crippen LogP contribution in [-0.2, 0) is 4.74 Å². The number of nitrogens with zero attached hydrogens (tertiary/aromatic N) is 2. The van der Waals surface area contributed by atoms with Gasteiger partial charge in [-0.2, -0.15) is 5.10 Å². The number of para-hydroxylation sites is 1. The van der Waals surface area contributed by atoms with E-state index in [2.05, 4.69) is 49.4 Å². The minimum absolute atomic E-state index is 0.182. The quantitative estimate of drug-likeness (QED) is 0.849. The Balaban J connectivity index is 2.32. The van der Waals surface area contributed by atoms with Crippen LogP contribution in [0.2, 0.25) is 0 Å². The van der Waals surface area contributed by atoms with Gasteiger partial charge in [0.25, 0.3) is 0 Å². The lowest BCUT2D eigenvalue weighted by atomic mass is 9.96. The molecule has 1 heterocycles. The molecule has 0 saturated carbocycles. The molecule has 1 aromatic heterocycles. The first-order valence-electron chi connectivity index (χ1n) is 7.45. The summed E-state index contributed by atoms with van der Waals surface area (Å²) >= 11 is 0. The molecule has 1 N–H and O–H groups in total. The second kappa shape index (κ2) is 6.87. The Hall–Kier alpha value is -1.65. The molecule has 0 saturated heterocycles. The molecule has 114 valence electrons. The number of methoxy groups -OCH3 is 1. The molecular weight excluding hydrogens is 262 g/mol. The van der Waals surface area contributed by atoms with Gasteiger partial charge in [0, 0.05) is 13.3 Å². The number of hydrogen-bond donors (Lipinski definition) is 1.